The Morgan fingerprint density at radius 1 is 1.17 bits per heavy atom. The monoisotopic (exact) mass is 340 g/mol. The molecule has 0 radical (unpaired) electrons. The Kier molecular flexibility index (Phi) is 6.53. The van der Waals surface area contributed by atoms with Gasteiger partial charge in [-0.1, -0.05) is 19.1 Å². The van der Waals surface area contributed by atoms with Crippen molar-refractivity contribution in [3.8, 4) is 0 Å². The SMILES string of the molecule is CCNCCNC(=O)c1ccc(C2(C)NC(=O)NC2=O)cc1.Cl. The van der Waals surface area contributed by atoms with E-state index in [0.717, 1.165) is 6.54 Å². The molecule has 1 fully saturated rings. The molecule has 1 atom stereocenters. The highest BCUT2D eigenvalue weighted by Gasteiger charge is 2.43. The highest BCUT2D eigenvalue weighted by Crippen LogP contribution is 2.24. The summed E-state index contributed by atoms with van der Waals surface area (Å²) in [5.41, 5.74) is 0.0329. The topological polar surface area (TPSA) is 99.3 Å². The van der Waals surface area contributed by atoms with Crippen molar-refractivity contribution in [2.24, 2.45) is 0 Å². The third-order valence-electron chi connectivity index (χ3n) is 3.61. The fourth-order valence-electron chi connectivity index (χ4n) is 2.24. The highest BCUT2D eigenvalue weighted by molar-refractivity contribution is 6.07. The van der Waals surface area contributed by atoms with E-state index in [4.69, 9.17) is 0 Å². The van der Waals surface area contributed by atoms with Crippen molar-refractivity contribution < 1.29 is 14.4 Å². The lowest BCUT2D eigenvalue weighted by atomic mass is 9.91. The molecule has 126 valence electrons. The van der Waals surface area contributed by atoms with Crippen LogP contribution in [0.1, 0.15) is 29.8 Å². The Morgan fingerprint density at radius 3 is 2.35 bits per heavy atom. The van der Waals surface area contributed by atoms with E-state index >= 15 is 0 Å². The molecular weight excluding hydrogens is 320 g/mol. The summed E-state index contributed by atoms with van der Waals surface area (Å²) in [7, 11) is 0. The second-order valence-corrected chi connectivity index (χ2v) is 5.22. The van der Waals surface area contributed by atoms with Crippen LogP contribution in [0.5, 0.6) is 0 Å². The van der Waals surface area contributed by atoms with Crippen molar-refractivity contribution in [3.05, 3.63) is 35.4 Å². The average molecular weight is 341 g/mol. The first-order chi connectivity index (χ1) is 10.5. The molecule has 4 N–H and O–H groups in total. The number of urea groups is 1. The minimum absolute atomic E-state index is 0. The van der Waals surface area contributed by atoms with Gasteiger partial charge in [0.2, 0.25) is 0 Å². The molecule has 2 rings (SSSR count). The molecule has 1 aromatic carbocycles. The lowest BCUT2D eigenvalue weighted by molar-refractivity contribution is -0.123. The molecular formula is C15H21ClN4O3. The number of carbonyl (C=O) groups excluding carboxylic acids is 3. The summed E-state index contributed by atoms with van der Waals surface area (Å²) in [5, 5.41) is 10.7. The third kappa shape index (κ3) is 4.20. The predicted molar refractivity (Wildman–Crippen MR) is 88.6 cm³/mol. The molecule has 0 saturated carbocycles. The van der Waals surface area contributed by atoms with E-state index in [1.807, 2.05) is 6.92 Å². The van der Waals surface area contributed by atoms with E-state index in [1.54, 1.807) is 31.2 Å². The van der Waals surface area contributed by atoms with Gasteiger partial charge in [0.15, 0.2) is 0 Å². The number of rotatable bonds is 6. The van der Waals surface area contributed by atoms with Gasteiger partial charge in [-0.25, -0.2) is 4.79 Å². The summed E-state index contributed by atoms with van der Waals surface area (Å²) in [6.07, 6.45) is 0. The lowest BCUT2D eigenvalue weighted by Crippen LogP contribution is -2.40. The van der Waals surface area contributed by atoms with Gasteiger partial charge in [-0.3, -0.25) is 14.9 Å². The molecule has 1 saturated heterocycles. The molecule has 1 aliphatic heterocycles. The normalized spacial score (nSPS) is 19.6. The van der Waals surface area contributed by atoms with Crippen LogP contribution in [0.15, 0.2) is 24.3 Å². The first-order valence-corrected chi connectivity index (χ1v) is 7.20. The third-order valence-corrected chi connectivity index (χ3v) is 3.61. The van der Waals surface area contributed by atoms with E-state index in [9.17, 15) is 14.4 Å². The van der Waals surface area contributed by atoms with Gasteiger partial charge in [-0.05, 0) is 31.2 Å². The van der Waals surface area contributed by atoms with Gasteiger partial charge in [0, 0.05) is 18.7 Å². The van der Waals surface area contributed by atoms with Crippen molar-refractivity contribution in [1.82, 2.24) is 21.3 Å². The Hall–Kier alpha value is -2.12. The molecule has 0 aromatic heterocycles. The van der Waals surface area contributed by atoms with Crippen LogP contribution in [0.4, 0.5) is 4.79 Å². The number of carbonyl (C=O) groups is 3. The molecule has 7 nitrogen and oxygen atoms in total. The quantitative estimate of drug-likeness (QED) is 0.447. The van der Waals surface area contributed by atoms with Crippen molar-refractivity contribution in [2.75, 3.05) is 19.6 Å². The van der Waals surface area contributed by atoms with Crippen LogP contribution >= 0.6 is 12.4 Å². The first kappa shape index (κ1) is 18.9. The van der Waals surface area contributed by atoms with Crippen LogP contribution in [0.2, 0.25) is 0 Å². The van der Waals surface area contributed by atoms with E-state index < -0.39 is 17.5 Å². The van der Waals surface area contributed by atoms with Crippen LogP contribution in [0.25, 0.3) is 0 Å². The van der Waals surface area contributed by atoms with Gasteiger partial charge in [0.1, 0.15) is 5.54 Å². The molecule has 8 heteroatoms. The van der Waals surface area contributed by atoms with Crippen LogP contribution in [0.3, 0.4) is 0 Å². The maximum absolute atomic E-state index is 11.9. The average Bonchev–Trinajstić information content (AvgIpc) is 2.77. The maximum atomic E-state index is 11.9. The number of halogens is 1. The fraction of sp³-hybridized carbons (Fsp3) is 0.400. The van der Waals surface area contributed by atoms with Crippen LogP contribution < -0.4 is 21.3 Å². The molecule has 1 heterocycles. The van der Waals surface area contributed by atoms with Crippen molar-refractivity contribution in [2.45, 2.75) is 19.4 Å². The zero-order chi connectivity index (χ0) is 16.2. The van der Waals surface area contributed by atoms with Gasteiger partial charge in [0.05, 0.1) is 0 Å². The van der Waals surface area contributed by atoms with Crippen molar-refractivity contribution in [1.29, 1.82) is 0 Å². The number of benzene rings is 1. The fourth-order valence-corrected chi connectivity index (χ4v) is 2.24. The summed E-state index contributed by atoms with van der Waals surface area (Å²) >= 11 is 0. The number of hydrogen-bond acceptors (Lipinski definition) is 4. The van der Waals surface area contributed by atoms with Gasteiger partial charge in [0.25, 0.3) is 11.8 Å². The number of imide groups is 1. The Bertz CT molecular complexity index is 591. The zero-order valence-corrected chi connectivity index (χ0v) is 13.9. The molecule has 0 aliphatic carbocycles. The van der Waals surface area contributed by atoms with Crippen LogP contribution in [-0.4, -0.2) is 37.5 Å². The number of likely N-dealkylation sites (N-methyl/N-ethyl adjacent to an activating group) is 1. The first-order valence-electron chi connectivity index (χ1n) is 7.20. The van der Waals surface area contributed by atoms with E-state index in [2.05, 4.69) is 21.3 Å². The second kappa shape index (κ2) is 7.94. The van der Waals surface area contributed by atoms with Gasteiger partial charge in [-0.2, -0.15) is 0 Å². The summed E-state index contributed by atoms with van der Waals surface area (Å²) < 4.78 is 0. The minimum atomic E-state index is -1.10. The summed E-state index contributed by atoms with van der Waals surface area (Å²) in [4.78, 5) is 35.1. The second-order valence-electron chi connectivity index (χ2n) is 5.22. The molecule has 23 heavy (non-hydrogen) atoms. The molecule has 1 aliphatic rings. The lowest BCUT2D eigenvalue weighted by Gasteiger charge is -2.21. The Morgan fingerprint density at radius 2 is 1.83 bits per heavy atom. The number of nitrogens with one attached hydrogen (secondary N) is 4. The Labute approximate surface area is 141 Å². The smallest absolute Gasteiger partial charge is 0.322 e. The van der Waals surface area contributed by atoms with E-state index in [-0.39, 0.29) is 18.3 Å². The number of hydrogen-bond donors (Lipinski definition) is 4. The number of amides is 4. The Balaban J connectivity index is 0.00000264. The minimum Gasteiger partial charge on any atom is -0.351 e. The van der Waals surface area contributed by atoms with Crippen molar-refractivity contribution >= 4 is 30.3 Å². The van der Waals surface area contributed by atoms with Gasteiger partial charge >= 0.3 is 6.03 Å². The summed E-state index contributed by atoms with van der Waals surface area (Å²) in [6.45, 7) is 5.74. The molecule has 0 bridgehead atoms. The van der Waals surface area contributed by atoms with Gasteiger partial charge < -0.3 is 16.0 Å². The van der Waals surface area contributed by atoms with E-state index in [0.29, 0.717) is 24.2 Å². The van der Waals surface area contributed by atoms with Crippen LogP contribution in [-0.2, 0) is 10.3 Å². The van der Waals surface area contributed by atoms with Gasteiger partial charge in [-0.15, -0.1) is 12.4 Å². The molecule has 4 amide bonds. The maximum Gasteiger partial charge on any atom is 0.322 e. The summed E-state index contributed by atoms with van der Waals surface area (Å²) in [5.74, 6) is -0.574. The summed E-state index contributed by atoms with van der Waals surface area (Å²) in [6, 6.07) is 6.11. The largest absolute Gasteiger partial charge is 0.351 e. The van der Waals surface area contributed by atoms with E-state index in [1.165, 1.54) is 0 Å². The van der Waals surface area contributed by atoms with Crippen molar-refractivity contribution in [3.63, 3.8) is 0 Å². The molecule has 1 aromatic rings. The zero-order valence-electron chi connectivity index (χ0n) is 13.1. The molecule has 1 unspecified atom stereocenters. The standard InChI is InChI=1S/C15H20N4O3.ClH/c1-3-16-8-9-17-12(20)10-4-6-11(7-5-10)15(2)13(21)18-14(22)19-15;/h4-7,16H,3,8-9H2,1-2H3,(H,17,20)(H2,18,19,21,22);1H. The predicted octanol–water partition coefficient (Wildman–Crippen LogP) is 0.502. The molecule has 0 spiro atoms. The highest BCUT2D eigenvalue weighted by atomic mass is 35.5. The van der Waals surface area contributed by atoms with Crippen LogP contribution in [0, 0.1) is 0 Å².